The van der Waals surface area contributed by atoms with E-state index >= 15 is 0 Å². The zero-order valence-electron chi connectivity index (χ0n) is 11.1. The molecule has 0 saturated heterocycles. The summed E-state index contributed by atoms with van der Waals surface area (Å²) in [7, 11) is 0. The van der Waals surface area contributed by atoms with Crippen LogP contribution >= 0.6 is 0 Å². The van der Waals surface area contributed by atoms with E-state index < -0.39 is 23.5 Å². The Balaban J connectivity index is 1.95. The van der Waals surface area contributed by atoms with E-state index in [4.69, 9.17) is 4.74 Å². The molecule has 3 rings (SSSR count). The molecule has 1 amide bonds. The summed E-state index contributed by atoms with van der Waals surface area (Å²) in [4.78, 5) is 10.8. The lowest BCUT2D eigenvalue weighted by Crippen LogP contribution is -2.30. The Hall–Kier alpha value is -2.83. The largest absolute Gasteiger partial charge is 0.442 e. The molecule has 1 heterocycles. The Bertz CT molecular complexity index is 790. The SMILES string of the molecule is O=C1NN=C(c2ccc(-c3ccc(F)c(F)c3)c(F)c2)CO1. The Morgan fingerprint density at radius 2 is 1.68 bits per heavy atom. The van der Waals surface area contributed by atoms with Crippen LogP contribution in [-0.4, -0.2) is 18.4 Å². The number of amides is 1. The van der Waals surface area contributed by atoms with Gasteiger partial charge in [-0.2, -0.15) is 5.10 Å². The molecule has 0 spiro atoms. The van der Waals surface area contributed by atoms with Crippen LogP contribution in [0.4, 0.5) is 18.0 Å². The number of halogens is 3. The second kappa shape index (κ2) is 5.51. The molecule has 0 atom stereocenters. The average molecular weight is 306 g/mol. The molecule has 1 N–H and O–H groups in total. The maximum Gasteiger partial charge on any atom is 0.428 e. The van der Waals surface area contributed by atoms with Gasteiger partial charge in [0.1, 0.15) is 18.1 Å². The molecule has 0 aliphatic carbocycles. The summed E-state index contributed by atoms with van der Waals surface area (Å²) in [5, 5.41) is 3.77. The van der Waals surface area contributed by atoms with Crippen molar-refractivity contribution in [1.82, 2.24) is 5.43 Å². The molecular formula is C15H9F3N2O2. The number of carbonyl (C=O) groups excluding carboxylic acids is 1. The maximum atomic E-state index is 14.2. The fourth-order valence-corrected chi connectivity index (χ4v) is 2.05. The van der Waals surface area contributed by atoms with Crippen molar-refractivity contribution in [3.63, 3.8) is 0 Å². The van der Waals surface area contributed by atoms with Crippen LogP contribution in [0.3, 0.4) is 0 Å². The van der Waals surface area contributed by atoms with Crippen LogP contribution in [0, 0.1) is 17.5 Å². The highest BCUT2D eigenvalue weighted by atomic mass is 19.2. The van der Waals surface area contributed by atoms with E-state index in [1.54, 1.807) is 6.07 Å². The Morgan fingerprint density at radius 1 is 0.955 bits per heavy atom. The highest BCUT2D eigenvalue weighted by Gasteiger charge is 2.16. The molecule has 0 saturated carbocycles. The average Bonchev–Trinajstić information content (AvgIpc) is 2.51. The zero-order valence-corrected chi connectivity index (χ0v) is 11.1. The van der Waals surface area contributed by atoms with Crippen molar-refractivity contribution < 1.29 is 22.7 Å². The second-order valence-corrected chi connectivity index (χ2v) is 4.57. The molecule has 0 aromatic heterocycles. The molecule has 1 aliphatic rings. The van der Waals surface area contributed by atoms with Crippen LogP contribution in [0.2, 0.25) is 0 Å². The van der Waals surface area contributed by atoms with Gasteiger partial charge in [-0.1, -0.05) is 18.2 Å². The van der Waals surface area contributed by atoms with Crippen molar-refractivity contribution in [2.45, 2.75) is 0 Å². The van der Waals surface area contributed by atoms with Crippen molar-refractivity contribution in [2.24, 2.45) is 5.10 Å². The number of cyclic esters (lactones) is 1. The number of ether oxygens (including phenoxy) is 1. The summed E-state index contributed by atoms with van der Waals surface area (Å²) < 4.78 is 45.1. The van der Waals surface area contributed by atoms with Gasteiger partial charge in [0.15, 0.2) is 11.6 Å². The number of hydrogen-bond acceptors (Lipinski definition) is 3. The van der Waals surface area contributed by atoms with E-state index in [0.29, 0.717) is 11.3 Å². The summed E-state index contributed by atoms with van der Waals surface area (Å²) in [5.74, 6) is -2.66. The predicted octanol–water partition coefficient (Wildman–Crippen LogP) is 3.21. The van der Waals surface area contributed by atoms with Crippen molar-refractivity contribution in [3.05, 3.63) is 59.4 Å². The minimum atomic E-state index is -1.05. The van der Waals surface area contributed by atoms with E-state index in [1.165, 1.54) is 18.2 Å². The lowest BCUT2D eigenvalue weighted by atomic mass is 10.0. The van der Waals surface area contributed by atoms with Crippen LogP contribution in [0.15, 0.2) is 41.5 Å². The number of rotatable bonds is 2. The lowest BCUT2D eigenvalue weighted by molar-refractivity contribution is 0.157. The summed E-state index contributed by atoms with van der Waals surface area (Å²) in [6, 6.07) is 7.32. The molecular weight excluding hydrogens is 297 g/mol. The monoisotopic (exact) mass is 306 g/mol. The molecule has 0 unspecified atom stereocenters. The van der Waals surface area contributed by atoms with Crippen LogP contribution in [0.5, 0.6) is 0 Å². The molecule has 112 valence electrons. The van der Waals surface area contributed by atoms with Gasteiger partial charge in [0.2, 0.25) is 0 Å². The van der Waals surface area contributed by atoms with Crippen molar-refractivity contribution in [1.29, 1.82) is 0 Å². The third-order valence-electron chi connectivity index (χ3n) is 3.16. The fraction of sp³-hybridized carbons (Fsp3) is 0.0667. The molecule has 22 heavy (non-hydrogen) atoms. The second-order valence-electron chi connectivity index (χ2n) is 4.57. The Labute approximate surface area is 123 Å². The molecule has 0 radical (unpaired) electrons. The fourth-order valence-electron chi connectivity index (χ4n) is 2.05. The minimum Gasteiger partial charge on any atom is -0.442 e. The van der Waals surface area contributed by atoms with Gasteiger partial charge in [-0.25, -0.2) is 23.4 Å². The number of nitrogens with one attached hydrogen (secondary N) is 1. The first kappa shape index (κ1) is 14.1. The van der Waals surface area contributed by atoms with Gasteiger partial charge in [-0.05, 0) is 23.8 Å². The van der Waals surface area contributed by atoms with Gasteiger partial charge in [0.05, 0.1) is 0 Å². The first-order chi connectivity index (χ1) is 10.5. The third kappa shape index (κ3) is 2.65. The minimum absolute atomic E-state index is 0.0736. The number of benzene rings is 2. The molecule has 0 bridgehead atoms. The first-order valence-electron chi connectivity index (χ1n) is 6.29. The van der Waals surface area contributed by atoms with Gasteiger partial charge < -0.3 is 4.74 Å². The smallest absolute Gasteiger partial charge is 0.428 e. The van der Waals surface area contributed by atoms with Gasteiger partial charge >= 0.3 is 6.09 Å². The molecule has 1 aliphatic heterocycles. The van der Waals surface area contributed by atoms with Gasteiger partial charge in [0, 0.05) is 11.1 Å². The maximum absolute atomic E-state index is 14.2. The summed E-state index contributed by atoms with van der Waals surface area (Å²) in [6.07, 6.45) is -0.678. The van der Waals surface area contributed by atoms with E-state index in [9.17, 15) is 18.0 Å². The third-order valence-corrected chi connectivity index (χ3v) is 3.16. The quantitative estimate of drug-likeness (QED) is 0.926. The predicted molar refractivity (Wildman–Crippen MR) is 72.8 cm³/mol. The van der Waals surface area contributed by atoms with Gasteiger partial charge in [-0.3, -0.25) is 0 Å². The van der Waals surface area contributed by atoms with E-state index in [1.807, 2.05) is 0 Å². The summed E-state index contributed by atoms with van der Waals surface area (Å²) in [6.45, 7) is -0.0736. The molecule has 2 aromatic carbocycles. The van der Waals surface area contributed by atoms with Crippen LogP contribution in [0.1, 0.15) is 5.56 Å². The van der Waals surface area contributed by atoms with Crippen molar-refractivity contribution in [3.8, 4) is 11.1 Å². The summed E-state index contributed by atoms with van der Waals surface area (Å²) >= 11 is 0. The Kier molecular flexibility index (Phi) is 3.54. The summed E-state index contributed by atoms with van der Waals surface area (Å²) in [5.41, 5.74) is 3.25. The first-order valence-corrected chi connectivity index (χ1v) is 6.29. The topological polar surface area (TPSA) is 50.7 Å². The standard InChI is InChI=1S/C15H9F3N2O2/c16-11-4-2-8(5-13(11)18)10-3-1-9(6-12(10)17)14-7-22-15(21)20-19-14/h1-6H,7H2,(H,20,21). The van der Waals surface area contributed by atoms with Crippen molar-refractivity contribution >= 4 is 11.8 Å². The normalized spacial score (nSPS) is 14.1. The zero-order chi connectivity index (χ0) is 15.7. The van der Waals surface area contributed by atoms with Crippen LogP contribution in [0.25, 0.3) is 11.1 Å². The van der Waals surface area contributed by atoms with Crippen LogP contribution < -0.4 is 5.43 Å². The van der Waals surface area contributed by atoms with Gasteiger partial charge in [-0.15, -0.1) is 0 Å². The van der Waals surface area contributed by atoms with E-state index in [-0.39, 0.29) is 17.7 Å². The van der Waals surface area contributed by atoms with E-state index in [0.717, 1.165) is 12.1 Å². The molecule has 0 fully saturated rings. The number of nitrogens with zero attached hydrogens (tertiary/aromatic N) is 1. The van der Waals surface area contributed by atoms with Crippen LogP contribution in [-0.2, 0) is 4.74 Å². The molecule has 4 nitrogen and oxygen atoms in total. The number of hydrazone groups is 1. The molecule has 2 aromatic rings. The Morgan fingerprint density at radius 3 is 2.32 bits per heavy atom. The number of carbonyl (C=O) groups is 1. The van der Waals surface area contributed by atoms with E-state index in [2.05, 4.69) is 10.5 Å². The van der Waals surface area contributed by atoms with Gasteiger partial charge in [0.25, 0.3) is 0 Å². The molecule has 7 heteroatoms. The highest BCUT2D eigenvalue weighted by Crippen LogP contribution is 2.25. The lowest BCUT2D eigenvalue weighted by Gasteiger charge is -2.14. The van der Waals surface area contributed by atoms with Crippen molar-refractivity contribution in [2.75, 3.05) is 6.61 Å². The highest BCUT2D eigenvalue weighted by molar-refractivity contribution is 6.03. The number of hydrogen-bond donors (Lipinski definition) is 1.